The maximum Gasteiger partial charge on any atom is 0.251 e. The molecule has 0 spiro atoms. The molecule has 164 valence electrons. The summed E-state index contributed by atoms with van der Waals surface area (Å²) in [5.74, 6) is 1.33. The van der Waals surface area contributed by atoms with Gasteiger partial charge in [0.05, 0.1) is 26.4 Å². The number of benzene rings is 2. The molecule has 1 N–H and O–H groups in total. The number of nitrogens with one attached hydrogen (secondary N) is 1. The molecule has 31 heavy (non-hydrogen) atoms. The first-order valence-corrected chi connectivity index (χ1v) is 10.5. The molecule has 1 heterocycles. The van der Waals surface area contributed by atoms with E-state index < -0.39 is 0 Å². The van der Waals surface area contributed by atoms with E-state index in [1.807, 2.05) is 62.0 Å². The molecule has 0 fully saturated rings. The standard InChI is InChI=1S/C24H29N3O4/c1-4-29-21-14-20(15-22(30-5-2)23(21)31-6-3)24(28)25-16-18-8-10-19(11-9-18)17-27-13-7-12-26-27/h7-15H,4-6,16-17H2,1-3H3,(H,25,28). The lowest BCUT2D eigenvalue weighted by Gasteiger charge is -2.17. The fourth-order valence-electron chi connectivity index (χ4n) is 3.15. The van der Waals surface area contributed by atoms with Crippen LogP contribution in [0.1, 0.15) is 42.3 Å². The molecule has 0 saturated carbocycles. The van der Waals surface area contributed by atoms with E-state index in [0.717, 1.165) is 11.1 Å². The second-order valence-corrected chi connectivity index (χ2v) is 6.80. The monoisotopic (exact) mass is 423 g/mol. The van der Waals surface area contributed by atoms with Gasteiger partial charge in [-0.3, -0.25) is 9.48 Å². The van der Waals surface area contributed by atoms with Gasteiger partial charge in [-0.1, -0.05) is 24.3 Å². The Morgan fingerprint density at radius 1 is 0.935 bits per heavy atom. The molecule has 0 radical (unpaired) electrons. The summed E-state index contributed by atoms with van der Waals surface area (Å²) in [6.07, 6.45) is 3.69. The number of carbonyl (C=O) groups excluding carboxylic acids is 1. The zero-order valence-electron chi connectivity index (χ0n) is 18.3. The molecule has 7 heteroatoms. The second kappa shape index (κ2) is 11.1. The Morgan fingerprint density at radius 3 is 2.10 bits per heavy atom. The van der Waals surface area contributed by atoms with Gasteiger partial charge in [-0.25, -0.2) is 0 Å². The van der Waals surface area contributed by atoms with Crippen LogP contribution in [0.15, 0.2) is 54.9 Å². The minimum atomic E-state index is -0.203. The number of nitrogens with zero attached hydrogens (tertiary/aromatic N) is 2. The Morgan fingerprint density at radius 2 is 1.55 bits per heavy atom. The maximum absolute atomic E-state index is 12.8. The van der Waals surface area contributed by atoms with Crippen LogP contribution >= 0.6 is 0 Å². The van der Waals surface area contributed by atoms with Gasteiger partial charge >= 0.3 is 0 Å². The Kier molecular flexibility index (Phi) is 7.92. The number of amides is 1. The van der Waals surface area contributed by atoms with Gasteiger partial charge in [0.25, 0.3) is 5.91 Å². The highest BCUT2D eigenvalue weighted by atomic mass is 16.5. The summed E-state index contributed by atoms with van der Waals surface area (Å²) in [7, 11) is 0. The molecule has 0 atom stereocenters. The lowest BCUT2D eigenvalue weighted by atomic mass is 10.1. The van der Waals surface area contributed by atoms with Gasteiger partial charge < -0.3 is 19.5 Å². The fourth-order valence-corrected chi connectivity index (χ4v) is 3.15. The lowest BCUT2D eigenvalue weighted by Crippen LogP contribution is -2.23. The number of aromatic nitrogens is 2. The zero-order chi connectivity index (χ0) is 22.1. The first-order chi connectivity index (χ1) is 15.1. The SMILES string of the molecule is CCOc1cc(C(=O)NCc2ccc(Cn3cccn3)cc2)cc(OCC)c1OCC. The average Bonchev–Trinajstić information content (AvgIpc) is 3.28. The van der Waals surface area contributed by atoms with Crippen LogP contribution in [0.3, 0.4) is 0 Å². The molecule has 0 unspecified atom stereocenters. The minimum absolute atomic E-state index is 0.203. The van der Waals surface area contributed by atoms with E-state index in [9.17, 15) is 4.79 Å². The van der Waals surface area contributed by atoms with Gasteiger partial charge in [0, 0.05) is 24.5 Å². The van der Waals surface area contributed by atoms with E-state index in [4.69, 9.17) is 14.2 Å². The zero-order valence-corrected chi connectivity index (χ0v) is 18.3. The molecular formula is C24H29N3O4. The summed E-state index contributed by atoms with van der Waals surface area (Å²) in [6.45, 7) is 8.20. The number of carbonyl (C=O) groups is 1. The maximum atomic E-state index is 12.8. The number of hydrogen-bond donors (Lipinski definition) is 1. The van der Waals surface area contributed by atoms with Crippen LogP contribution in [0, 0.1) is 0 Å². The highest BCUT2D eigenvalue weighted by molar-refractivity contribution is 5.95. The van der Waals surface area contributed by atoms with Crippen LogP contribution in [0.4, 0.5) is 0 Å². The van der Waals surface area contributed by atoms with Gasteiger partial charge in [-0.05, 0) is 50.1 Å². The van der Waals surface area contributed by atoms with E-state index in [2.05, 4.69) is 10.4 Å². The van der Waals surface area contributed by atoms with Gasteiger partial charge in [-0.15, -0.1) is 0 Å². The van der Waals surface area contributed by atoms with Crippen molar-refractivity contribution >= 4 is 5.91 Å². The summed E-state index contributed by atoms with van der Waals surface area (Å²) in [5.41, 5.74) is 2.62. The molecule has 2 aromatic carbocycles. The Bertz CT molecular complexity index is 942. The third-order valence-electron chi connectivity index (χ3n) is 4.55. The summed E-state index contributed by atoms with van der Waals surface area (Å²) in [5, 5.41) is 7.18. The highest BCUT2D eigenvalue weighted by Gasteiger charge is 2.18. The van der Waals surface area contributed by atoms with Crippen molar-refractivity contribution in [2.75, 3.05) is 19.8 Å². The molecule has 1 aromatic heterocycles. The summed E-state index contributed by atoms with van der Waals surface area (Å²) >= 11 is 0. The van der Waals surface area contributed by atoms with E-state index in [0.29, 0.717) is 55.7 Å². The molecule has 0 aliphatic rings. The number of rotatable bonds is 11. The van der Waals surface area contributed by atoms with E-state index in [1.165, 1.54) is 0 Å². The van der Waals surface area contributed by atoms with Gasteiger partial charge in [0.15, 0.2) is 11.5 Å². The van der Waals surface area contributed by atoms with E-state index >= 15 is 0 Å². The lowest BCUT2D eigenvalue weighted by molar-refractivity contribution is 0.0949. The molecule has 1 amide bonds. The van der Waals surface area contributed by atoms with E-state index in [-0.39, 0.29) is 5.91 Å². The summed E-state index contributed by atoms with van der Waals surface area (Å²) < 4.78 is 19.0. The van der Waals surface area contributed by atoms with Crippen molar-refractivity contribution in [1.29, 1.82) is 0 Å². The number of ether oxygens (including phenoxy) is 3. The van der Waals surface area contributed by atoms with Crippen molar-refractivity contribution in [3.8, 4) is 17.2 Å². The van der Waals surface area contributed by atoms with Crippen molar-refractivity contribution in [3.05, 3.63) is 71.5 Å². The molecular weight excluding hydrogens is 394 g/mol. The summed E-state index contributed by atoms with van der Waals surface area (Å²) in [4.78, 5) is 12.8. The van der Waals surface area contributed by atoms with Gasteiger partial charge in [0.1, 0.15) is 0 Å². The predicted molar refractivity (Wildman–Crippen MR) is 119 cm³/mol. The first kappa shape index (κ1) is 22.2. The molecule has 0 aliphatic carbocycles. The smallest absolute Gasteiger partial charge is 0.251 e. The van der Waals surface area contributed by atoms with Crippen molar-refractivity contribution < 1.29 is 19.0 Å². The van der Waals surface area contributed by atoms with Gasteiger partial charge in [-0.2, -0.15) is 5.10 Å². The third kappa shape index (κ3) is 6.01. The molecule has 3 rings (SSSR count). The molecule has 7 nitrogen and oxygen atoms in total. The van der Waals surface area contributed by atoms with Crippen LogP contribution in [-0.2, 0) is 13.1 Å². The summed E-state index contributed by atoms with van der Waals surface area (Å²) in [6, 6.07) is 13.4. The largest absolute Gasteiger partial charge is 0.490 e. The average molecular weight is 424 g/mol. The Labute approximate surface area is 182 Å². The van der Waals surface area contributed by atoms with Crippen LogP contribution in [0.5, 0.6) is 17.2 Å². The predicted octanol–water partition coefficient (Wildman–Crippen LogP) is 4.06. The minimum Gasteiger partial charge on any atom is -0.490 e. The molecule has 0 aliphatic heterocycles. The van der Waals surface area contributed by atoms with Crippen molar-refractivity contribution in [3.63, 3.8) is 0 Å². The molecule has 3 aromatic rings. The van der Waals surface area contributed by atoms with Crippen LogP contribution in [-0.4, -0.2) is 35.5 Å². The van der Waals surface area contributed by atoms with Crippen molar-refractivity contribution in [2.24, 2.45) is 0 Å². The normalized spacial score (nSPS) is 10.5. The van der Waals surface area contributed by atoms with Crippen LogP contribution < -0.4 is 19.5 Å². The van der Waals surface area contributed by atoms with Crippen LogP contribution in [0.2, 0.25) is 0 Å². The third-order valence-corrected chi connectivity index (χ3v) is 4.55. The second-order valence-electron chi connectivity index (χ2n) is 6.80. The Balaban J connectivity index is 1.69. The van der Waals surface area contributed by atoms with Crippen molar-refractivity contribution in [1.82, 2.24) is 15.1 Å². The number of hydrogen-bond acceptors (Lipinski definition) is 5. The molecule has 0 bridgehead atoms. The highest BCUT2D eigenvalue weighted by Crippen LogP contribution is 2.39. The quantitative estimate of drug-likeness (QED) is 0.503. The first-order valence-electron chi connectivity index (χ1n) is 10.5. The van der Waals surface area contributed by atoms with Gasteiger partial charge in [0.2, 0.25) is 5.75 Å². The van der Waals surface area contributed by atoms with E-state index in [1.54, 1.807) is 18.3 Å². The Hall–Kier alpha value is -3.48. The van der Waals surface area contributed by atoms with Crippen LogP contribution in [0.25, 0.3) is 0 Å². The topological polar surface area (TPSA) is 74.6 Å². The molecule has 0 saturated heterocycles. The fraction of sp³-hybridized carbons (Fsp3) is 0.333. The van der Waals surface area contributed by atoms with Crippen molar-refractivity contribution in [2.45, 2.75) is 33.9 Å².